The Bertz CT molecular complexity index is 854. The normalized spacial score (nSPS) is 46.4. The van der Waals surface area contributed by atoms with Crippen LogP contribution in [0.5, 0.6) is 0 Å². The van der Waals surface area contributed by atoms with Crippen LogP contribution in [0, 0.1) is 52.3 Å². The maximum Gasteiger partial charge on any atom is 0.140 e. The number of aromatic nitrogens is 2. The zero-order valence-corrected chi connectivity index (χ0v) is 18.8. The zero-order chi connectivity index (χ0) is 21.3. The fourth-order valence-corrected chi connectivity index (χ4v) is 8.87. The van der Waals surface area contributed by atoms with E-state index in [9.17, 15) is 10.4 Å². The van der Waals surface area contributed by atoms with Crippen LogP contribution in [0.25, 0.3) is 0 Å². The highest BCUT2D eigenvalue weighted by atomic mass is 16.3. The molecule has 5 heteroatoms. The minimum atomic E-state index is -0.433. The maximum absolute atomic E-state index is 10.6. The maximum atomic E-state index is 10.6. The summed E-state index contributed by atoms with van der Waals surface area (Å²) in [5.41, 5.74) is 6.66. The van der Waals surface area contributed by atoms with Crippen molar-refractivity contribution in [1.82, 2.24) is 9.78 Å². The van der Waals surface area contributed by atoms with Gasteiger partial charge in [0.1, 0.15) is 17.5 Å². The molecular weight excluding hydrogens is 372 g/mol. The second kappa shape index (κ2) is 6.99. The third-order valence-corrected chi connectivity index (χ3v) is 10.2. The average Bonchev–Trinajstić information content (AvgIpc) is 3.25. The van der Waals surface area contributed by atoms with E-state index in [1.165, 1.54) is 44.9 Å². The van der Waals surface area contributed by atoms with Gasteiger partial charge in [0.15, 0.2) is 0 Å². The Morgan fingerprint density at radius 2 is 1.90 bits per heavy atom. The van der Waals surface area contributed by atoms with Crippen LogP contribution in [-0.2, 0) is 0 Å². The molecule has 9 atom stereocenters. The largest absolute Gasteiger partial charge is 0.390 e. The van der Waals surface area contributed by atoms with Gasteiger partial charge in [0.2, 0.25) is 0 Å². The Hall–Kier alpha value is -1.54. The molecule has 3 N–H and O–H groups in total. The molecule has 164 valence electrons. The van der Waals surface area contributed by atoms with Crippen molar-refractivity contribution in [3.63, 3.8) is 0 Å². The van der Waals surface area contributed by atoms with Gasteiger partial charge in [-0.05, 0) is 113 Å². The molecule has 5 rings (SSSR count). The second-order valence-electron chi connectivity index (χ2n) is 11.6. The van der Waals surface area contributed by atoms with E-state index < -0.39 is 5.60 Å². The van der Waals surface area contributed by atoms with Crippen molar-refractivity contribution in [3.8, 4) is 6.07 Å². The van der Waals surface area contributed by atoms with E-state index in [1.54, 1.807) is 6.20 Å². The lowest BCUT2D eigenvalue weighted by molar-refractivity contribution is -0.102. The van der Waals surface area contributed by atoms with E-state index in [-0.39, 0.29) is 6.04 Å². The third-order valence-electron chi connectivity index (χ3n) is 10.2. The quantitative estimate of drug-likeness (QED) is 0.724. The first-order chi connectivity index (χ1) is 14.2. The summed E-state index contributed by atoms with van der Waals surface area (Å²) in [6.07, 6.45) is 12.7. The molecule has 0 spiro atoms. The first-order valence-electron chi connectivity index (χ1n) is 12.2. The molecule has 1 aromatic heterocycles. The van der Waals surface area contributed by atoms with Gasteiger partial charge in [0.05, 0.1) is 17.8 Å². The fraction of sp³-hybridized carbons (Fsp3) is 0.840. The van der Waals surface area contributed by atoms with Crippen molar-refractivity contribution >= 4 is 5.82 Å². The summed E-state index contributed by atoms with van der Waals surface area (Å²) in [4.78, 5) is 0. The summed E-state index contributed by atoms with van der Waals surface area (Å²) in [5, 5.41) is 24.4. The zero-order valence-electron chi connectivity index (χ0n) is 18.8. The Morgan fingerprint density at radius 3 is 2.63 bits per heavy atom. The highest BCUT2D eigenvalue weighted by Gasteiger charge is 2.58. The van der Waals surface area contributed by atoms with Gasteiger partial charge in [-0.15, -0.1) is 0 Å². The molecule has 0 radical (unpaired) electrons. The Balaban J connectivity index is 1.37. The van der Waals surface area contributed by atoms with Crippen molar-refractivity contribution in [1.29, 1.82) is 5.26 Å². The number of nitrogen functional groups attached to an aromatic ring is 1. The Morgan fingerprint density at radius 1 is 1.13 bits per heavy atom. The third kappa shape index (κ3) is 2.93. The smallest absolute Gasteiger partial charge is 0.140 e. The van der Waals surface area contributed by atoms with E-state index in [2.05, 4.69) is 31.9 Å². The first-order valence-corrected chi connectivity index (χ1v) is 12.2. The molecule has 5 nitrogen and oxygen atoms in total. The van der Waals surface area contributed by atoms with Gasteiger partial charge in [-0.1, -0.05) is 6.92 Å². The Labute approximate surface area is 181 Å². The predicted molar refractivity (Wildman–Crippen MR) is 117 cm³/mol. The number of fused-ring (bicyclic) bond motifs is 5. The van der Waals surface area contributed by atoms with Gasteiger partial charge < -0.3 is 10.8 Å². The average molecular weight is 411 g/mol. The molecular formula is C25H38N4O. The van der Waals surface area contributed by atoms with Crippen LogP contribution in [-0.4, -0.2) is 20.5 Å². The molecule has 4 aliphatic rings. The van der Waals surface area contributed by atoms with Gasteiger partial charge in [-0.2, -0.15) is 10.4 Å². The number of nitrogens with two attached hydrogens (primary N) is 1. The lowest BCUT2D eigenvalue weighted by Crippen LogP contribution is -2.51. The van der Waals surface area contributed by atoms with E-state index in [4.69, 9.17) is 5.73 Å². The summed E-state index contributed by atoms with van der Waals surface area (Å²) in [7, 11) is 0. The summed E-state index contributed by atoms with van der Waals surface area (Å²) < 4.78 is 1.92. The number of hydrogen-bond acceptors (Lipinski definition) is 4. The van der Waals surface area contributed by atoms with Crippen LogP contribution in [0.3, 0.4) is 0 Å². The Kier molecular flexibility index (Phi) is 4.74. The molecule has 0 amide bonds. The van der Waals surface area contributed by atoms with Gasteiger partial charge in [0.25, 0.3) is 0 Å². The molecule has 1 heterocycles. The highest BCUT2D eigenvalue weighted by molar-refractivity contribution is 5.47. The van der Waals surface area contributed by atoms with E-state index >= 15 is 0 Å². The topological polar surface area (TPSA) is 87.9 Å². The van der Waals surface area contributed by atoms with Crippen LogP contribution in [0.15, 0.2) is 6.20 Å². The molecule has 4 saturated carbocycles. The molecule has 0 unspecified atom stereocenters. The summed E-state index contributed by atoms with van der Waals surface area (Å²) in [6.45, 7) is 6.86. The van der Waals surface area contributed by atoms with Crippen LogP contribution in [0.4, 0.5) is 5.82 Å². The van der Waals surface area contributed by atoms with Crippen molar-refractivity contribution in [2.75, 3.05) is 5.73 Å². The summed E-state index contributed by atoms with van der Waals surface area (Å²) in [6, 6.07) is 2.41. The van der Waals surface area contributed by atoms with Gasteiger partial charge in [-0.25, -0.2) is 4.68 Å². The van der Waals surface area contributed by atoms with E-state index in [0.29, 0.717) is 22.7 Å². The van der Waals surface area contributed by atoms with Crippen molar-refractivity contribution < 1.29 is 5.11 Å². The molecule has 0 bridgehead atoms. The van der Waals surface area contributed by atoms with Crippen LogP contribution >= 0.6 is 0 Å². The predicted octanol–water partition coefficient (Wildman–Crippen LogP) is 4.92. The monoisotopic (exact) mass is 410 g/mol. The van der Waals surface area contributed by atoms with E-state index in [1.807, 2.05) is 4.68 Å². The number of hydrogen-bond donors (Lipinski definition) is 2. The van der Waals surface area contributed by atoms with Crippen molar-refractivity contribution in [2.24, 2.45) is 40.9 Å². The number of nitriles is 1. The molecule has 4 aliphatic carbocycles. The standard InChI is InChI=1S/C25H38N4O/c1-15(29-23(27)17(13-26)14-28-29)21-6-7-22-20-5-4-16-12-24(2,30)10-8-18(16)19(20)9-11-25(21,22)3/h14-16,18-22,30H,4-12,27H2,1-3H3/t15-,16-,18+,19-,20-,21-,22+,24-,25-/m1/s1. The molecule has 1 aromatic rings. The van der Waals surface area contributed by atoms with Crippen molar-refractivity contribution in [2.45, 2.75) is 90.2 Å². The number of aliphatic hydroxyl groups is 1. The van der Waals surface area contributed by atoms with Crippen LogP contribution < -0.4 is 5.73 Å². The fourth-order valence-electron chi connectivity index (χ4n) is 8.87. The molecule has 0 aliphatic heterocycles. The first kappa shape index (κ1) is 20.4. The van der Waals surface area contributed by atoms with Gasteiger partial charge >= 0.3 is 0 Å². The molecule has 30 heavy (non-hydrogen) atoms. The summed E-state index contributed by atoms with van der Waals surface area (Å²) in [5.74, 6) is 5.21. The number of anilines is 1. The van der Waals surface area contributed by atoms with Crippen LogP contribution in [0.1, 0.15) is 90.2 Å². The lowest BCUT2D eigenvalue weighted by Gasteiger charge is -2.57. The molecule has 0 saturated heterocycles. The van der Waals surface area contributed by atoms with Gasteiger partial charge in [0, 0.05) is 0 Å². The minimum absolute atomic E-state index is 0.236. The summed E-state index contributed by atoms with van der Waals surface area (Å²) >= 11 is 0. The van der Waals surface area contributed by atoms with Gasteiger partial charge in [-0.3, -0.25) is 0 Å². The lowest BCUT2D eigenvalue weighted by atomic mass is 9.49. The SMILES string of the molecule is C[C@H]([C@H]1CC[C@H]2[C@@H]3CC[C@@H]4C[C@](C)(O)CC[C@@H]4[C@H]3CC[C@]12C)n1ncc(C#N)c1N. The van der Waals surface area contributed by atoms with Crippen LogP contribution in [0.2, 0.25) is 0 Å². The van der Waals surface area contributed by atoms with E-state index in [0.717, 1.165) is 42.4 Å². The number of nitrogens with zero attached hydrogens (tertiary/aromatic N) is 3. The second-order valence-corrected chi connectivity index (χ2v) is 11.6. The molecule has 4 fully saturated rings. The highest BCUT2D eigenvalue weighted by Crippen LogP contribution is 2.66. The number of rotatable bonds is 2. The van der Waals surface area contributed by atoms with Crippen molar-refractivity contribution in [3.05, 3.63) is 11.8 Å². The minimum Gasteiger partial charge on any atom is -0.390 e. The molecule has 0 aromatic carbocycles.